The van der Waals surface area contributed by atoms with Gasteiger partial charge in [0.15, 0.2) is 11.5 Å². The van der Waals surface area contributed by atoms with Gasteiger partial charge in [-0.1, -0.05) is 13.0 Å². The molecule has 0 aromatic heterocycles. The minimum atomic E-state index is -1.10. The van der Waals surface area contributed by atoms with Gasteiger partial charge in [0, 0.05) is 19.5 Å². The van der Waals surface area contributed by atoms with E-state index in [0.29, 0.717) is 36.9 Å². The van der Waals surface area contributed by atoms with E-state index >= 15 is 0 Å². The van der Waals surface area contributed by atoms with Gasteiger partial charge in [-0.15, -0.1) is 0 Å². The van der Waals surface area contributed by atoms with Crippen LogP contribution in [0, 0.1) is 5.92 Å². The lowest BCUT2D eigenvalue weighted by Crippen LogP contribution is -2.48. The van der Waals surface area contributed by atoms with Gasteiger partial charge in [-0.2, -0.15) is 0 Å². The summed E-state index contributed by atoms with van der Waals surface area (Å²) in [6, 6.07) is 4.93. The average Bonchev–Trinajstić information content (AvgIpc) is 3.19. The molecule has 2 atom stereocenters. The van der Waals surface area contributed by atoms with Gasteiger partial charge < -0.3 is 19.7 Å². The van der Waals surface area contributed by atoms with E-state index in [4.69, 9.17) is 9.47 Å². The van der Waals surface area contributed by atoms with E-state index in [9.17, 15) is 14.4 Å². The van der Waals surface area contributed by atoms with Crippen LogP contribution in [0.2, 0.25) is 0 Å². The van der Waals surface area contributed by atoms with Crippen molar-refractivity contribution in [2.75, 3.05) is 26.4 Å². The van der Waals surface area contributed by atoms with E-state index in [2.05, 4.69) is 12.2 Å². The second-order valence-corrected chi connectivity index (χ2v) is 8.11. The third-order valence-electron chi connectivity index (χ3n) is 5.64. The SMILES string of the molecule is C[C@@H]1CCCN(C(=O)CN2C(=O)N[C@@](C)(Cc3ccc4c(c3)OCO4)C2=O)C1. The molecule has 150 valence electrons. The Morgan fingerprint density at radius 2 is 2.07 bits per heavy atom. The van der Waals surface area contributed by atoms with Crippen molar-refractivity contribution in [3.05, 3.63) is 23.8 Å². The summed E-state index contributed by atoms with van der Waals surface area (Å²) in [6.45, 7) is 5.12. The highest BCUT2D eigenvalue weighted by Gasteiger charge is 2.48. The van der Waals surface area contributed by atoms with Crippen molar-refractivity contribution in [2.24, 2.45) is 5.92 Å². The zero-order valence-electron chi connectivity index (χ0n) is 16.2. The van der Waals surface area contributed by atoms with Crippen LogP contribution in [0.4, 0.5) is 4.79 Å². The Morgan fingerprint density at radius 1 is 1.29 bits per heavy atom. The smallest absolute Gasteiger partial charge is 0.325 e. The fraction of sp³-hybridized carbons (Fsp3) is 0.550. The summed E-state index contributed by atoms with van der Waals surface area (Å²) in [7, 11) is 0. The molecule has 2 fully saturated rings. The molecule has 0 radical (unpaired) electrons. The normalized spacial score (nSPS) is 26.6. The lowest BCUT2D eigenvalue weighted by molar-refractivity contribution is -0.139. The van der Waals surface area contributed by atoms with Gasteiger partial charge in [-0.25, -0.2) is 4.79 Å². The summed E-state index contributed by atoms with van der Waals surface area (Å²) in [5.74, 6) is 1.18. The molecule has 3 heterocycles. The molecule has 2 saturated heterocycles. The lowest BCUT2D eigenvalue weighted by Gasteiger charge is -2.31. The highest BCUT2D eigenvalue weighted by molar-refractivity contribution is 6.09. The molecule has 4 rings (SSSR count). The maximum absolute atomic E-state index is 13.0. The van der Waals surface area contributed by atoms with Gasteiger partial charge in [-0.05, 0) is 43.4 Å². The number of ether oxygens (including phenoxy) is 2. The first-order valence-corrected chi connectivity index (χ1v) is 9.66. The van der Waals surface area contributed by atoms with Crippen LogP contribution in [0.15, 0.2) is 18.2 Å². The molecule has 0 aliphatic carbocycles. The summed E-state index contributed by atoms with van der Waals surface area (Å²) in [5.41, 5.74) is -0.251. The zero-order chi connectivity index (χ0) is 19.9. The monoisotopic (exact) mass is 387 g/mol. The minimum Gasteiger partial charge on any atom is -0.454 e. The highest BCUT2D eigenvalue weighted by Crippen LogP contribution is 2.34. The van der Waals surface area contributed by atoms with E-state index in [-0.39, 0.29) is 25.2 Å². The number of nitrogens with zero attached hydrogens (tertiary/aromatic N) is 2. The van der Waals surface area contributed by atoms with Crippen molar-refractivity contribution in [1.82, 2.24) is 15.1 Å². The third kappa shape index (κ3) is 3.39. The van der Waals surface area contributed by atoms with Gasteiger partial charge in [-0.3, -0.25) is 14.5 Å². The van der Waals surface area contributed by atoms with E-state index < -0.39 is 11.6 Å². The minimum absolute atomic E-state index is 0.177. The molecule has 0 unspecified atom stereocenters. The Hall–Kier alpha value is -2.77. The van der Waals surface area contributed by atoms with Gasteiger partial charge in [0.05, 0.1) is 0 Å². The fourth-order valence-corrected chi connectivity index (χ4v) is 4.12. The number of amides is 4. The second kappa shape index (κ2) is 7.00. The number of nitrogens with one attached hydrogen (secondary N) is 1. The van der Waals surface area contributed by atoms with Crippen molar-refractivity contribution in [3.63, 3.8) is 0 Å². The Bertz CT molecular complexity index is 826. The van der Waals surface area contributed by atoms with Crippen molar-refractivity contribution >= 4 is 17.8 Å². The van der Waals surface area contributed by atoms with Crippen molar-refractivity contribution in [1.29, 1.82) is 0 Å². The maximum Gasteiger partial charge on any atom is 0.325 e. The quantitative estimate of drug-likeness (QED) is 0.792. The van der Waals surface area contributed by atoms with Crippen molar-refractivity contribution in [3.8, 4) is 11.5 Å². The number of piperidine rings is 1. The molecule has 3 aliphatic heterocycles. The number of carbonyl (C=O) groups is 3. The van der Waals surface area contributed by atoms with Crippen LogP contribution in [0.25, 0.3) is 0 Å². The molecule has 0 bridgehead atoms. The standard InChI is InChI=1S/C20H25N3O5/c1-13-4-3-7-22(10-13)17(24)11-23-18(25)20(2,21-19(23)26)9-14-5-6-15-16(8-14)28-12-27-15/h5-6,8,13H,3-4,7,9-12H2,1-2H3,(H,21,26)/t13-,20+/m1/s1. The van der Waals surface area contributed by atoms with Crippen LogP contribution in [0.3, 0.4) is 0 Å². The van der Waals surface area contributed by atoms with Crippen LogP contribution >= 0.6 is 0 Å². The van der Waals surface area contributed by atoms with Gasteiger partial charge >= 0.3 is 6.03 Å². The third-order valence-corrected chi connectivity index (χ3v) is 5.64. The van der Waals surface area contributed by atoms with Gasteiger partial charge in [0.2, 0.25) is 12.7 Å². The Labute approximate surface area is 163 Å². The summed E-state index contributed by atoms with van der Waals surface area (Å²) < 4.78 is 10.7. The van der Waals surface area contributed by atoms with Crippen LogP contribution in [-0.2, 0) is 16.0 Å². The number of fused-ring (bicyclic) bond motifs is 1. The fourth-order valence-electron chi connectivity index (χ4n) is 4.12. The molecular weight excluding hydrogens is 362 g/mol. The number of benzene rings is 1. The molecule has 28 heavy (non-hydrogen) atoms. The molecule has 4 amide bonds. The van der Waals surface area contributed by atoms with E-state index in [1.54, 1.807) is 17.9 Å². The average molecular weight is 387 g/mol. The summed E-state index contributed by atoms with van der Waals surface area (Å²) in [6.07, 6.45) is 2.36. The topological polar surface area (TPSA) is 88.2 Å². The number of rotatable bonds is 4. The largest absolute Gasteiger partial charge is 0.454 e. The summed E-state index contributed by atoms with van der Waals surface area (Å²) in [4.78, 5) is 40.8. The zero-order valence-corrected chi connectivity index (χ0v) is 16.2. The lowest BCUT2D eigenvalue weighted by atomic mass is 9.92. The first-order valence-electron chi connectivity index (χ1n) is 9.66. The second-order valence-electron chi connectivity index (χ2n) is 8.11. The van der Waals surface area contributed by atoms with Crippen molar-refractivity contribution in [2.45, 2.75) is 38.6 Å². The summed E-state index contributed by atoms with van der Waals surface area (Å²) >= 11 is 0. The van der Waals surface area contributed by atoms with Gasteiger partial charge in [0.1, 0.15) is 12.1 Å². The number of imide groups is 1. The van der Waals surface area contributed by atoms with E-state index in [1.807, 2.05) is 12.1 Å². The highest BCUT2D eigenvalue weighted by atomic mass is 16.7. The number of urea groups is 1. The molecule has 1 aromatic carbocycles. The van der Waals surface area contributed by atoms with E-state index in [0.717, 1.165) is 23.3 Å². The van der Waals surface area contributed by atoms with Crippen LogP contribution in [-0.4, -0.2) is 59.6 Å². The van der Waals surface area contributed by atoms with Crippen molar-refractivity contribution < 1.29 is 23.9 Å². The molecule has 1 N–H and O–H groups in total. The number of carbonyl (C=O) groups excluding carboxylic acids is 3. The molecule has 8 nitrogen and oxygen atoms in total. The Morgan fingerprint density at radius 3 is 2.86 bits per heavy atom. The molecule has 0 spiro atoms. The van der Waals surface area contributed by atoms with Crippen LogP contribution in [0.1, 0.15) is 32.3 Å². The number of likely N-dealkylation sites (tertiary alicyclic amines) is 1. The Kier molecular flexibility index (Phi) is 4.64. The van der Waals surface area contributed by atoms with Gasteiger partial charge in [0.25, 0.3) is 5.91 Å². The molecule has 8 heteroatoms. The number of hydrogen-bond acceptors (Lipinski definition) is 5. The maximum atomic E-state index is 13.0. The molecule has 3 aliphatic rings. The number of hydrogen-bond donors (Lipinski definition) is 1. The first-order chi connectivity index (χ1) is 13.4. The summed E-state index contributed by atoms with van der Waals surface area (Å²) in [5, 5.41) is 2.76. The predicted molar refractivity (Wildman–Crippen MR) is 99.9 cm³/mol. The van der Waals surface area contributed by atoms with Crippen LogP contribution < -0.4 is 14.8 Å². The first kappa shape index (κ1) is 18.6. The van der Waals surface area contributed by atoms with Crippen LogP contribution in [0.5, 0.6) is 11.5 Å². The molecular formula is C20H25N3O5. The van der Waals surface area contributed by atoms with E-state index in [1.165, 1.54) is 0 Å². The Balaban J connectivity index is 1.44. The predicted octanol–water partition coefficient (Wildman–Crippen LogP) is 1.53. The molecule has 1 aromatic rings. The molecule has 0 saturated carbocycles.